The number of benzene rings is 7. The third-order valence-electron chi connectivity index (χ3n) is 9.61. The molecule has 0 saturated carbocycles. The number of para-hydroxylation sites is 3. The first kappa shape index (κ1) is 28.8. The van der Waals surface area contributed by atoms with Gasteiger partial charge in [0.25, 0.3) is 0 Å². The molecule has 0 fully saturated rings. The van der Waals surface area contributed by atoms with E-state index in [1.807, 2.05) is 60.7 Å². The highest BCUT2D eigenvalue weighted by Crippen LogP contribution is 2.42. The highest BCUT2D eigenvalue weighted by Gasteiger charge is 2.21. The highest BCUT2D eigenvalue weighted by molar-refractivity contribution is 6.14. The van der Waals surface area contributed by atoms with Crippen molar-refractivity contribution < 1.29 is 0 Å². The summed E-state index contributed by atoms with van der Waals surface area (Å²) in [5.41, 5.74) is 11.2. The average molecular weight is 636 g/mol. The Hall–Kier alpha value is -7.39. The maximum atomic E-state index is 10.4. The van der Waals surface area contributed by atoms with E-state index in [9.17, 15) is 10.5 Å². The zero-order valence-corrected chi connectivity index (χ0v) is 26.7. The van der Waals surface area contributed by atoms with Crippen LogP contribution in [0.2, 0.25) is 0 Å². The summed E-state index contributed by atoms with van der Waals surface area (Å²) in [7, 11) is 0. The Morgan fingerprint density at radius 2 is 1.16 bits per heavy atom. The Bertz CT molecular complexity index is 2900. The van der Waals surface area contributed by atoms with Crippen LogP contribution >= 0.6 is 0 Å². The molecule has 0 spiro atoms. The van der Waals surface area contributed by atoms with Gasteiger partial charge in [-0.25, -0.2) is 4.85 Å². The van der Waals surface area contributed by atoms with Crippen molar-refractivity contribution in [3.63, 3.8) is 0 Å². The lowest BCUT2D eigenvalue weighted by Gasteiger charge is -2.17. The minimum Gasteiger partial charge on any atom is -0.318 e. The molecule has 2 heterocycles. The van der Waals surface area contributed by atoms with Crippen LogP contribution in [0.3, 0.4) is 0 Å². The van der Waals surface area contributed by atoms with Gasteiger partial charge in [0.2, 0.25) is 5.69 Å². The van der Waals surface area contributed by atoms with Crippen molar-refractivity contribution in [1.29, 1.82) is 10.5 Å². The fraction of sp³-hybridized carbons (Fsp3) is 0. The highest BCUT2D eigenvalue weighted by atomic mass is 15.0. The summed E-state index contributed by atoms with van der Waals surface area (Å²) in [5.74, 6) is 0. The monoisotopic (exact) mass is 635 g/mol. The Kier molecular flexibility index (Phi) is 6.56. The Morgan fingerprint density at radius 1 is 0.500 bits per heavy atom. The molecule has 0 aliphatic carbocycles. The fourth-order valence-electron chi connectivity index (χ4n) is 7.44. The van der Waals surface area contributed by atoms with Crippen LogP contribution in [-0.2, 0) is 0 Å². The van der Waals surface area contributed by atoms with E-state index in [4.69, 9.17) is 6.57 Å². The molecule has 9 aromatic rings. The van der Waals surface area contributed by atoms with Crippen molar-refractivity contribution in [1.82, 2.24) is 9.13 Å². The molecular weight excluding hydrogens is 611 g/mol. The largest absolute Gasteiger partial charge is 0.318 e. The summed E-state index contributed by atoms with van der Waals surface area (Å²) in [6.07, 6.45) is 0. The van der Waals surface area contributed by atoms with E-state index in [0.29, 0.717) is 16.8 Å². The fourth-order valence-corrected chi connectivity index (χ4v) is 7.44. The first-order valence-electron chi connectivity index (χ1n) is 16.3. The molecule has 5 heteroatoms. The second-order valence-electron chi connectivity index (χ2n) is 12.3. The summed E-state index contributed by atoms with van der Waals surface area (Å²) in [6.45, 7) is 8.00. The van der Waals surface area contributed by atoms with Crippen molar-refractivity contribution in [2.45, 2.75) is 0 Å². The average Bonchev–Trinajstić information content (AvgIpc) is 3.70. The number of hydrogen-bond acceptors (Lipinski definition) is 2. The second kappa shape index (κ2) is 11.4. The van der Waals surface area contributed by atoms with Gasteiger partial charge in [0, 0.05) is 27.4 Å². The summed E-state index contributed by atoms with van der Waals surface area (Å²) in [4.78, 5) is 3.88. The lowest BCUT2D eigenvalue weighted by Crippen LogP contribution is -2.00. The number of fused-ring (bicyclic) bond motifs is 6. The van der Waals surface area contributed by atoms with Crippen LogP contribution in [0, 0.1) is 29.2 Å². The second-order valence-corrected chi connectivity index (χ2v) is 12.3. The molecule has 0 unspecified atom stereocenters. The van der Waals surface area contributed by atoms with E-state index in [1.165, 1.54) is 21.8 Å². The van der Waals surface area contributed by atoms with Crippen LogP contribution in [-0.4, -0.2) is 9.13 Å². The van der Waals surface area contributed by atoms with Crippen molar-refractivity contribution in [3.05, 3.63) is 174 Å². The summed E-state index contributed by atoms with van der Waals surface area (Å²) < 4.78 is 4.38. The Morgan fingerprint density at radius 3 is 1.88 bits per heavy atom. The predicted molar refractivity (Wildman–Crippen MR) is 202 cm³/mol. The molecule has 0 N–H and O–H groups in total. The molecule has 0 amide bonds. The minimum atomic E-state index is 0.502. The molecular formula is C45H25N5. The molecule has 5 nitrogen and oxygen atoms in total. The van der Waals surface area contributed by atoms with Crippen molar-refractivity contribution in [3.8, 4) is 45.8 Å². The number of nitriles is 2. The van der Waals surface area contributed by atoms with Crippen molar-refractivity contribution >= 4 is 49.3 Å². The molecule has 0 aliphatic heterocycles. The van der Waals surface area contributed by atoms with E-state index in [2.05, 4.69) is 111 Å². The van der Waals surface area contributed by atoms with Gasteiger partial charge < -0.3 is 9.13 Å². The Labute approximate surface area is 288 Å². The molecule has 9 rings (SSSR count). The third kappa shape index (κ3) is 4.31. The number of hydrogen-bond donors (Lipinski definition) is 0. The zero-order valence-electron chi connectivity index (χ0n) is 26.7. The minimum absolute atomic E-state index is 0.502. The smallest absolute Gasteiger partial charge is 0.211 e. The molecule has 0 radical (unpaired) electrons. The number of rotatable bonds is 4. The lowest BCUT2D eigenvalue weighted by molar-refractivity contribution is 1.18. The van der Waals surface area contributed by atoms with E-state index in [1.54, 1.807) is 6.07 Å². The van der Waals surface area contributed by atoms with Gasteiger partial charge in [-0.05, 0) is 82.7 Å². The normalized spacial score (nSPS) is 11.1. The van der Waals surface area contributed by atoms with Crippen LogP contribution in [0.1, 0.15) is 11.1 Å². The zero-order chi connectivity index (χ0) is 33.8. The molecule has 2 aromatic heterocycles. The van der Waals surface area contributed by atoms with Gasteiger partial charge in [0.1, 0.15) is 0 Å². The van der Waals surface area contributed by atoms with Crippen LogP contribution in [0.5, 0.6) is 0 Å². The van der Waals surface area contributed by atoms with Gasteiger partial charge in [0.15, 0.2) is 0 Å². The first-order valence-corrected chi connectivity index (χ1v) is 16.3. The maximum Gasteiger partial charge on any atom is 0.211 e. The van der Waals surface area contributed by atoms with Gasteiger partial charge in [-0.15, -0.1) is 0 Å². The lowest BCUT2D eigenvalue weighted by atomic mass is 9.94. The molecule has 50 heavy (non-hydrogen) atoms. The van der Waals surface area contributed by atoms with Crippen LogP contribution < -0.4 is 0 Å². The maximum absolute atomic E-state index is 10.4. The molecule has 0 atom stereocenters. The van der Waals surface area contributed by atoms with E-state index in [0.717, 1.165) is 55.4 Å². The van der Waals surface area contributed by atoms with Gasteiger partial charge >= 0.3 is 0 Å². The van der Waals surface area contributed by atoms with Crippen LogP contribution in [0.15, 0.2) is 152 Å². The Balaban J connectivity index is 1.21. The van der Waals surface area contributed by atoms with E-state index >= 15 is 0 Å². The summed E-state index contributed by atoms with van der Waals surface area (Å²) >= 11 is 0. The van der Waals surface area contributed by atoms with Gasteiger partial charge in [0.05, 0.1) is 57.6 Å². The van der Waals surface area contributed by atoms with Crippen molar-refractivity contribution in [2.75, 3.05) is 0 Å². The first-order chi connectivity index (χ1) is 24.7. The molecule has 0 saturated heterocycles. The summed E-state index contributed by atoms with van der Waals surface area (Å²) in [6, 6.07) is 55.6. The molecule has 0 aliphatic rings. The molecule has 230 valence electrons. The molecule has 0 bridgehead atoms. The van der Waals surface area contributed by atoms with Crippen LogP contribution in [0.25, 0.3) is 82.1 Å². The third-order valence-corrected chi connectivity index (χ3v) is 9.61. The number of aromatic nitrogens is 2. The van der Waals surface area contributed by atoms with Crippen molar-refractivity contribution in [2.24, 2.45) is 0 Å². The SMILES string of the molecule is [C-]#[N+]c1cccc2c3cc(C#N)ccc3n(-c3cccc(C#N)c3-c3cccc(-c4ccc(-n5c6ccccc6c6ccccc65)cc4)c3)c12. The summed E-state index contributed by atoms with van der Waals surface area (Å²) in [5, 5.41) is 24.3. The number of nitrogens with zero attached hydrogens (tertiary/aromatic N) is 5. The van der Waals surface area contributed by atoms with Gasteiger partial charge in [-0.2, -0.15) is 10.5 Å². The van der Waals surface area contributed by atoms with E-state index in [-0.39, 0.29) is 0 Å². The predicted octanol–water partition coefficient (Wildman–Crippen LogP) is 11.5. The standard InChI is InChI=1S/C45H25N5/c1-48-39-15-8-14-37-38-25-29(27-46)19-24-42(38)50(45(37)39)43-18-7-11-33(28-47)44(43)32-10-6-9-31(26-32)30-20-22-34(23-21-30)49-40-16-4-2-12-35(40)36-13-3-5-17-41(36)49/h2-26H. The quantitative estimate of drug-likeness (QED) is 0.181. The topological polar surface area (TPSA) is 61.8 Å². The van der Waals surface area contributed by atoms with Gasteiger partial charge in [-0.3, -0.25) is 0 Å². The van der Waals surface area contributed by atoms with Crippen LogP contribution in [0.4, 0.5) is 5.69 Å². The van der Waals surface area contributed by atoms with Gasteiger partial charge in [-0.1, -0.05) is 91.0 Å². The molecule has 7 aromatic carbocycles. The van der Waals surface area contributed by atoms with E-state index < -0.39 is 0 Å².